The van der Waals surface area contributed by atoms with E-state index in [2.05, 4.69) is 4.72 Å². The predicted molar refractivity (Wildman–Crippen MR) is 125 cm³/mol. The molecule has 1 aliphatic rings. The number of halogens is 1. The topological polar surface area (TPSA) is 125 Å². The normalized spacial score (nSPS) is 19.2. The number of fused-ring (bicyclic) bond motifs is 1. The highest BCUT2D eigenvalue weighted by Gasteiger charge is 2.47. The number of aliphatic hydroxyl groups is 1. The van der Waals surface area contributed by atoms with Gasteiger partial charge >= 0.3 is 6.09 Å². The number of carbonyl (C=O) groups is 1. The molecule has 0 saturated heterocycles. The summed E-state index contributed by atoms with van der Waals surface area (Å²) in [6.45, 7) is 3.40. The molecule has 1 amide bonds. The monoisotopic (exact) mass is 498 g/mol. The smallest absolute Gasteiger partial charge is 0.407 e. The number of sulfonamides is 1. The number of alkyl halides is 1. The summed E-state index contributed by atoms with van der Waals surface area (Å²) in [5.74, 6) is 0.366. The number of hydrogen-bond acceptors (Lipinski definition) is 6. The second kappa shape index (κ2) is 9.66. The Hall–Kier alpha value is -2.69. The molecule has 1 aliphatic heterocycles. The Morgan fingerprint density at radius 1 is 1.27 bits per heavy atom. The summed E-state index contributed by atoms with van der Waals surface area (Å²) in [5, 5.41) is 20.5. The van der Waals surface area contributed by atoms with E-state index in [4.69, 9.17) is 21.1 Å². The SMILES string of the molecule is COc1cc2c(cc1NS(=O)(=O)CCl)OC(C)(C)[C@H](O)[C@H]2N(CCc1ccccc1)C(=O)O. The Kier molecular flexibility index (Phi) is 7.30. The minimum atomic E-state index is -3.83. The van der Waals surface area contributed by atoms with Gasteiger partial charge in [-0.2, -0.15) is 0 Å². The molecule has 0 fully saturated rings. The fraction of sp³-hybridized carbons (Fsp3) is 0.409. The summed E-state index contributed by atoms with van der Waals surface area (Å²) in [7, 11) is -2.48. The maximum atomic E-state index is 12.3. The second-order valence-corrected chi connectivity index (χ2v) is 10.5. The first kappa shape index (κ1) is 24.9. The molecule has 0 unspecified atom stereocenters. The molecule has 9 nitrogen and oxygen atoms in total. The zero-order valence-corrected chi connectivity index (χ0v) is 20.1. The van der Waals surface area contributed by atoms with Gasteiger partial charge in [0.25, 0.3) is 0 Å². The Morgan fingerprint density at radius 2 is 1.94 bits per heavy atom. The third-order valence-electron chi connectivity index (χ3n) is 5.51. The Bertz CT molecular complexity index is 1110. The van der Waals surface area contributed by atoms with Crippen LogP contribution in [0.3, 0.4) is 0 Å². The Labute approximate surface area is 197 Å². The van der Waals surface area contributed by atoms with Crippen molar-refractivity contribution in [2.75, 3.05) is 23.6 Å². The summed E-state index contributed by atoms with van der Waals surface area (Å²) in [5.41, 5.74) is 0.250. The van der Waals surface area contributed by atoms with E-state index in [9.17, 15) is 23.4 Å². The highest BCUT2D eigenvalue weighted by Crippen LogP contribution is 2.47. The zero-order chi connectivity index (χ0) is 24.4. The van der Waals surface area contributed by atoms with E-state index in [1.54, 1.807) is 13.8 Å². The van der Waals surface area contributed by atoms with Gasteiger partial charge in [0.1, 0.15) is 28.4 Å². The third-order valence-corrected chi connectivity index (χ3v) is 7.19. The number of amides is 1. The van der Waals surface area contributed by atoms with E-state index in [1.165, 1.54) is 24.1 Å². The number of benzene rings is 2. The lowest BCUT2D eigenvalue weighted by Crippen LogP contribution is -2.55. The fourth-order valence-corrected chi connectivity index (χ4v) is 4.53. The molecule has 3 rings (SSSR count). The van der Waals surface area contributed by atoms with E-state index in [1.807, 2.05) is 30.3 Å². The standard InChI is InChI=1S/C22H27ClN2O7S/c1-22(2)20(26)19(25(21(27)28)10-9-14-7-5-4-6-8-14)15-11-18(31-3)16(12-17(15)32-22)24-33(29,30)13-23/h4-8,11-12,19-20,24,26H,9-10,13H2,1-3H3,(H,27,28)/t19-,20+/m0/s1. The number of nitrogens with one attached hydrogen (secondary N) is 1. The predicted octanol–water partition coefficient (Wildman–Crippen LogP) is 3.43. The van der Waals surface area contributed by atoms with Crippen molar-refractivity contribution >= 4 is 33.4 Å². The van der Waals surface area contributed by atoms with E-state index >= 15 is 0 Å². The van der Waals surface area contributed by atoms with Gasteiger partial charge in [-0.1, -0.05) is 30.3 Å². The lowest BCUT2D eigenvalue weighted by Gasteiger charge is -2.45. The van der Waals surface area contributed by atoms with Crippen molar-refractivity contribution in [3.8, 4) is 11.5 Å². The van der Waals surface area contributed by atoms with Crippen LogP contribution in [0.5, 0.6) is 11.5 Å². The molecule has 3 N–H and O–H groups in total. The maximum absolute atomic E-state index is 12.3. The first-order chi connectivity index (χ1) is 15.5. The van der Waals surface area contributed by atoms with Crippen LogP contribution in [0.25, 0.3) is 0 Å². The van der Waals surface area contributed by atoms with Gasteiger partial charge in [0.05, 0.1) is 18.8 Å². The fourth-order valence-electron chi connectivity index (χ4n) is 3.82. The molecule has 0 aliphatic carbocycles. The van der Waals surface area contributed by atoms with Gasteiger partial charge in [0, 0.05) is 18.2 Å². The molecule has 11 heteroatoms. The number of rotatable bonds is 8. The summed E-state index contributed by atoms with van der Waals surface area (Å²) >= 11 is 5.50. The molecule has 0 aromatic heterocycles. The van der Waals surface area contributed by atoms with Gasteiger partial charge in [-0.3, -0.25) is 9.62 Å². The van der Waals surface area contributed by atoms with Crippen LogP contribution in [-0.4, -0.2) is 60.2 Å². The minimum Gasteiger partial charge on any atom is -0.495 e. The summed E-state index contributed by atoms with van der Waals surface area (Å²) in [6, 6.07) is 11.3. The van der Waals surface area contributed by atoms with Gasteiger partial charge < -0.3 is 19.7 Å². The second-order valence-electron chi connectivity index (χ2n) is 8.22. The largest absolute Gasteiger partial charge is 0.495 e. The number of ether oxygens (including phenoxy) is 2. The van der Waals surface area contributed by atoms with Crippen molar-refractivity contribution < 1.29 is 32.9 Å². The minimum absolute atomic E-state index is 0.0917. The van der Waals surface area contributed by atoms with Crippen molar-refractivity contribution in [2.45, 2.75) is 38.0 Å². The number of aliphatic hydroxyl groups excluding tert-OH is 1. The highest BCUT2D eigenvalue weighted by atomic mass is 35.5. The molecular weight excluding hydrogens is 472 g/mol. The van der Waals surface area contributed by atoms with E-state index in [0.29, 0.717) is 12.0 Å². The van der Waals surface area contributed by atoms with Gasteiger partial charge in [-0.05, 0) is 31.9 Å². The van der Waals surface area contributed by atoms with E-state index < -0.39 is 39.1 Å². The van der Waals surface area contributed by atoms with Crippen LogP contribution < -0.4 is 14.2 Å². The molecule has 1 heterocycles. The summed E-state index contributed by atoms with van der Waals surface area (Å²) in [4.78, 5) is 13.4. The Balaban J connectivity index is 2.06. The molecule has 0 saturated carbocycles. The molecule has 2 aromatic carbocycles. The van der Waals surface area contributed by atoms with Gasteiger partial charge in [0.15, 0.2) is 0 Å². The van der Waals surface area contributed by atoms with Crippen LogP contribution in [0.2, 0.25) is 0 Å². The van der Waals surface area contributed by atoms with Crippen molar-refractivity contribution in [3.05, 3.63) is 53.6 Å². The molecule has 0 bridgehead atoms. The molecule has 2 aromatic rings. The lowest BCUT2D eigenvalue weighted by atomic mass is 9.85. The zero-order valence-electron chi connectivity index (χ0n) is 18.5. The maximum Gasteiger partial charge on any atom is 0.407 e. The molecular formula is C22H27ClN2O7S. The van der Waals surface area contributed by atoms with E-state index in [0.717, 1.165) is 5.56 Å². The Morgan fingerprint density at radius 3 is 2.52 bits per heavy atom. The number of hydrogen-bond donors (Lipinski definition) is 3. The van der Waals surface area contributed by atoms with Crippen molar-refractivity contribution in [1.29, 1.82) is 0 Å². The quantitative estimate of drug-likeness (QED) is 0.476. The average Bonchev–Trinajstić information content (AvgIpc) is 2.76. The van der Waals surface area contributed by atoms with Crippen molar-refractivity contribution in [2.24, 2.45) is 0 Å². The van der Waals surface area contributed by atoms with Gasteiger partial charge in [-0.25, -0.2) is 13.2 Å². The van der Waals surface area contributed by atoms with Crippen LogP contribution in [0.1, 0.15) is 31.0 Å². The van der Waals surface area contributed by atoms with E-state index in [-0.39, 0.29) is 23.7 Å². The number of nitrogens with zero attached hydrogens (tertiary/aromatic N) is 1. The number of methoxy groups -OCH3 is 1. The van der Waals surface area contributed by atoms with Crippen molar-refractivity contribution in [1.82, 2.24) is 4.90 Å². The molecule has 0 spiro atoms. The van der Waals surface area contributed by atoms with Crippen LogP contribution in [0.4, 0.5) is 10.5 Å². The molecule has 180 valence electrons. The molecule has 33 heavy (non-hydrogen) atoms. The lowest BCUT2D eigenvalue weighted by molar-refractivity contribution is -0.0878. The van der Waals surface area contributed by atoms with Crippen LogP contribution in [-0.2, 0) is 16.4 Å². The first-order valence-electron chi connectivity index (χ1n) is 10.2. The van der Waals surface area contributed by atoms with Crippen LogP contribution in [0, 0.1) is 0 Å². The van der Waals surface area contributed by atoms with Gasteiger partial charge in [-0.15, -0.1) is 11.6 Å². The molecule has 0 radical (unpaired) electrons. The highest BCUT2D eigenvalue weighted by molar-refractivity contribution is 7.93. The third kappa shape index (κ3) is 5.45. The summed E-state index contributed by atoms with van der Waals surface area (Å²) < 4.78 is 37.6. The van der Waals surface area contributed by atoms with Gasteiger partial charge in [0.2, 0.25) is 10.0 Å². The number of carboxylic acid groups (broad SMARTS) is 1. The first-order valence-corrected chi connectivity index (χ1v) is 12.4. The van der Waals surface area contributed by atoms with Crippen LogP contribution >= 0.6 is 11.6 Å². The number of anilines is 1. The summed E-state index contributed by atoms with van der Waals surface area (Å²) in [6.07, 6.45) is -1.96. The average molecular weight is 499 g/mol. The van der Waals surface area contributed by atoms with Crippen LogP contribution in [0.15, 0.2) is 42.5 Å². The molecule has 2 atom stereocenters. The van der Waals surface area contributed by atoms with Crippen molar-refractivity contribution in [3.63, 3.8) is 0 Å².